The van der Waals surface area contributed by atoms with E-state index in [2.05, 4.69) is 0 Å². The van der Waals surface area contributed by atoms with E-state index in [0.29, 0.717) is 47.5 Å². The highest BCUT2D eigenvalue weighted by Crippen LogP contribution is 2.28. The van der Waals surface area contributed by atoms with Gasteiger partial charge in [-0.2, -0.15) is 0 Å². The highest BCUT2D eigenvalue weighted by atomic mass is 16.5. The fraction of sp³-hybridized carbons (Fsp3) is 0.417. The maximum atomic E-state index is 12.9. The molecule has 0 spiro atoms. The molecule has 160 valence electrons. The van der Waals surface area contributed by atoms with Crippen LogP contribution in [0.5, 0.6) is 5.75 Å². The van der Waals surface area contributed by atoms with E-state index < -0.39 is 0 Å². The van der Waals surface area contributed by atoms with Gasteiger partial charge in [0.05, 0.1) is 20.3 Å². The molecule has 1 saturated heterocycles. The van der Waals surface area contributed by atoms with Gasteiger partial charge >= 0.3 is 0 Å². The first kappa shape index (κ1) is 22.0. The predicted octanol–water partition coefficient (Wildman–Crippen LogP) is 3.11. The smallest absolute Gasteiger partial charge is 0.253 e. The van der Waals surface area contributed by atoms with Crippen molar-refractivity contribution in [2.75, 3.05) is 20.2 Å². The van der Waals surface area contributed by atoms with Gasteiger partial charge in [0.1, 0.15) is 5.75 Å². The minimum Gasteiger partial charge on any atom is -0.496 e. The fourth-order valence-corrected chi connectivity index (χ4v) is 4.04. The van der Waals surface area contributed by atoms with Crippen molar-refractivity contribution in [3.05, 3.63) is 64.2 Å². The Morgan fingerprint density at radius 2 is 1.83 bits per heavy atom. The van der Waals surface area contributed by atoms with Crippen LogP contribution in [0.3, 0.4) is 0 Å². The highest BCUT2D eigenvalue weighted by molar-refractivity contribution is 5.97. The molecule has 0 bridgehead atoms. The molecular weight excluding hydrogens is 382 g/mol. The number of amides is 1. The van der Waals surface area contributed by atoms with E-state index in [9.17, 15) is 19.8 Å². The number of nitrogens with zero attached hydrogens (tertiary/aromatic N) is 1. The SMILES string of the molecule is COc1cc(C(=O)CC2CCCN(C(=O)c3ccc(C)cc3)C2)cc(CO)c1CO. The van der Waals surface area contributed by atoms with Gasteiger partial charge in [-0.1, -0.05) is 17.7 Å². The number of rotatable bonds is 7. The highest BCUT2D eigenvalue weighted by Gasteiger charge is 2.27. The Morgan fingerprint density at radius 1 is 1.10 bits per heavy atom. The van der Waals surface area contributed by atoms with Crippen molar-refractivity contribution in [2.24, 2.45) is 5.92 Å². The van der Waals surface area contributed by atoms with E-state index >= 15 is 0 Å². The number of piperidine rings is 1. The Morgan fingerprint density at radius 3 is 2.47 bits per heavy atom. The van der Waals surface area contributed by atoms with Crippen LogP contribution < -0.4 is 4.74 Å². The zero-order chi connectivity index (χ0) is 21.7. The molecule has 6 nitrogen and oxygen atoms in total. The second-order valence-corrected chi connectivity index (χ2v) is 7.89. The monoisotopic (exact) mass is 411 g/mol. The predicted molar refractivity (Wildman–Crippen MR) is 114 cm³/mol. The van der Waals surface area contributed by atoms with Gasteiger partial charge in [-0.15, -0.1) is 0 Å². The molecule has 6 heteroatoms. The van der Waals surface area contributed by atoms with Crippen LogP contribution in [0.2, 0.25) is 0 Å². The molecule has 2 N–H and O–H groups in total. The Hall–Kier alpha value is -2.70. The summed E-state index contributed by atoms with van der Waals surface area (Å²) in [5.41, 5.74) is 3.21. The van der Waals surface area contributed by atoms with Crippen LogP contribution in [0.4, 0.5) is 0 Å². The first-order valence-electron chi connectivity index (χ1n) is 10.3. The summed E-state index contributed by atoms with van der Waals surface area (Å²) in [6.45, 7) is 2.69. The second kappa shape index (κ2) is 9.87. The number of hydrogen-bond donors (Lipinski definition) is 2. The van der Waals surface area contributed by atoms with E-state index in [1.807, 2.05) is 36.1 Å². The number of aryl methyl sites for hydroxylation is 1. The zero-order valence-corrected chi connectivity index (χ0v) is 17.6. The van der Waals surface area contributed by atoms with Crippen LogP contribution in [0.1, 0.15) is 56.7 Å². The molecule has 2 aromatic rings. The third kappa shape index (κ3) is 4.89. The number of likely N-dealkylation sites (tertiary alicyclic amines) is 1. The standard InChI is InChI=1S/C24H29NO5/c1-16-5-7-18(8-6-16)24(29)25-9-3-4-17(13-25)10-22(28)19-11-20(14-26)21(15-27)23(12-19)30-2/h5-8,11-12,17,26-27H,3-4,9-10,13-15H2,1-2H3. The lowest BCUT2D eigenvalue weighted by molar-refractivity contribution is 0.0652. The van der Waals surface area contributed by atoms with Crippen LogP contribution in [0, 0.1) is 12.8 Å². The van der Waals surface area contributed by atoms with Crippen molar-refractivity contribution in [3.8, 4) is 5.75 Å². The third-order valence-electron chi connectivity index (χ3n) is 5.75. The summed E-state index contributed by atoms with van der Waals surface area (Å²) in [5.74, 6) is 0.430. The third-order valence-corrected chi connectivity index (χ3v) is 5.75. The molecule has 1 fully saturated rings. The molecule has 1 heterocycles. The molecule has 1 aliphatic heterocycles. The fourth-order valence-electron chi connectivity index (χ4n) is 4.04. The maximum Gasteiger partial charge on any atom is 0.253 e. The normalized spacial score (nSPS) is 16.4. The molecule has 0 radical (unpaired) electrons. The lowest BCUT2D eigenvalue weighted by atomic mass is 9.89. The molecule has 0 aliphatic carbocycles. The molecule has 1 aliphatic rings. The number of ether oxygens (including phenoxy) is 1. The van der Waals surface area contributed by atoms with E-state index in [-0.39, 0.29) is 30.8 Å². The van der Waals surface area contributed by atoms with Gasteiger partial charge in [0.2, 0.25) is 0 Å². The number of carbonyl (C=O) groups is 2. The minimum atomic E-state index is -0.282. The molecule has 0 aromatic heterocycles. The number of Topliss-reactive ketones (excluding diaryl/α,β-unsaturated/α-hetero) is 1. The number of carbonyl (C=O) groups excluding carboxylic acids is 2. The van der Waals surface area contributed by atoms with Crippen molar-refractivity contribution in [1.29, 1.82) is 0 Å². The molecule has 0 saturated carbocycles. The summed E-state index contributed by atoms with van der Waals surface area (Å²) >= 11 is 0. The maximum absolute atomic E-state index is 12.9. The van der Waals surface area contributed by atoms with Gasteiger partial charge in [0.25, 0.3) is 5.91 Å². The number of benzene rings is 2. The Labute approximate surface area is 177 Å². The van der Waals surface area contributed by atoms with Crippen LogP contribution in [-0.4, -0.2) is 47.0 Å². The Kier molecular flexibility index (Phi) is 7.24. The topological polar surface area (TPSA) is 87.1 Å². The minimum absolute atomic E-state index is 0.00341. The van der Waals surface area contributed by atoms with Crippen LogP contribution in [0.25, 0.3) is 0 Å². The summed E-state index contributed by atoms with van der Waals surface area (Å²) in [4.78, 5) is 27.6. The molecule has 3 rings (SSSR count). The number of hydrogen-bond acceptors (Lipinski definition) is 5. The van der Waals surface area contributed by atoms with Gasteiger partial charge in [0.15, 0.2) is 5.78 Å². The van der Waals surface area contributed by atoms with Crippen molar-refractivity contribution >= 4 is 11.7 Å². The summed E-state index contributed by atoms with van der Waals surface area (Å²) in [7, 11) is 1.47. The molecule has 1 amide bonds. The summed E-state index contributed by atoms with van der Waals surface area (Å²) in [5, 5.41) is 19.1. The quantitative estimate of drug-likeness (QED) is 0.684. The molecule has 1 unspecified atom stereocenters. The number of methoxy groups -OCH3 is 1. The first-order valence-corrected chi connectivity index (χ1v) is 10.3. The lowest BCUT2D eigenvalue weighted by Crippen LogP contribution is -2.40. The van der Waals surface area contributed by atoms with E-state index in [1.165, 1.54) is 7.11 Å². The summed E-state index contributed by atoms with van der Waals surface area (Å²) in [6, 6.07) is 10.8. The van der Waals surface area contributed by atoms with Gasteiger partial charge in [-0.25, -0.2) is 0 Å². The van der Waals surface area contributed by atoms with Crippen molar-refractivity contribution in [3.63, 3.8) is 0 Å². The van der Waals surface area contributed by atoms with Gasteiger partial charge in [-0.3, -0.25) is 9.59 Å². The average molecular weight is 411 g/mol. The molecular formula is C24H29NO5. The van der Waals surface area contributed by atoms with Crippen LogP contribution in [-0.2, 0) is 13.2 Å². The average Bonchev–Trinajstić information content (AvgIpc) is 2.78. The lowest BCUT2D eigenvalue weighted by Gasteiger charge is -2.32. The van der Waals surface area contributed by atoms with Gasteiger partial charge in [-0.05, 0) is 55.5 Å². The first-order chi connectivity index (χ1) is 14.5. The van der Waals surface area contributed by atoms with Crippen LogP contribution >= 0.6 is 0 Å². The Balaban J connectivity index is 1.71. The van der Waals surface area contributed by atoms with Crippen molar-refractivity contribution in [2.45, 2.75) is 39.4 Å². The Bertz CT molecular complexity index is 881. The second-order valence-electron chi connectivity index (χ2n) is 7.89. The summed E-state index contributed by atoms with van der Waals surface area (Å²) in [6.07, 6.45) is 2.08. The van der Waals surface area contributed by atoms with E-state index in [0.717, 1.165) is 18.4 Å². The van der Waals surface area contributed by atoms with E-state index in [4.69, 9.17) is 4.74 Å². The molecule has 1 atom stereocenters. The number of aliphatic hydroxyl groups excluding tert-OH is 2. The molecule has 2 aromatic carbocycles. The van der Waals surface area contributed by atoms with E-state index in [1.54, 1.807) is 12.1 Å². The molecule has 30 heavy (non-hydrogen) atoms. The van der Waals surface area contributed by atoms with Gasteiger partial charge in [0, 0.05) is 36.2 Å². The largest absolute Gasteiger partial charge is 0.496 e. The van der Waals surface area contributed by atoms with Crippen LogP contribution in [0.15, 0.2) is 36.4 Å². The zero-order valence-electron chi connectivity index (χ0n) is 17.6. The number of ketones is 1. The van der Waals surface area contributed by atoms with Crippen molar-refractivity contribution < 1.29 is 24.5 Å². The summed E-state index contributed by atoms with van der Waals surface area (Å²) < 4.78 is 5.29. The number of aliphatic hydroxyl groups is 2. The van der Waals surface area contributed by atoms with Crippen molar-refractivity contribution in [1.82, 2.24) is 4.90 Å². The van der Waals surface area contributed by atoms with Gasteiger partial charge < -0.3 is 19.8 Å².